The molecule has 0 bridgehead atoms. The number of hydrogen-bond acceptors (Lipinski definition) is 3. The SMILES string of the molecule is O=C(CN1CCN(C(=O)C=Cc2cc(Br)ccc2F)CC1)Nc1cccc(F)c1. The van der Waals surface area contributed by atoms with Crippen molar-refractivity contribution in [2.24, 2.45) is 0 Å². The van der Waals surface area contributed by atoms with Crippen LogP contribution >= 0.6 is 15.9 Å². The topological polar surface area (TPSA) is 52.7 Å². The van der Waals surface area contributed by atoms with Crippen LogP contribution in [0.1, 0.15) is 5.56 Å². The minimum Gasteiger partial charge on any atom is -0.337 e. The zero-order valence-corrected chi connectivity index (χ0v) is 17.2. The van der Waals surface area contributed by atoms with Crippen molar-refractivity contribution in [2.45, 2.75) is 0 Å². The van der Waals surface area contributed by atoms with Crippen molar-refractivity contribution in [3.8, 4) is 0 Å². The quantitative estimate of drug-likeness (QED) is 0.690. The average molecular weight is 464 g/mol. The van der Waals surface area contributed by atoms with Crippen molar-refractivity contribution in [2.75, 3.05) is 38.0 Å². The van der Waals surface area contributed by atoms with Gasteiger partial charge >= 0.3 is 0 Å². The number of carbonyl (C=O) groups excluding carboxylic acids is 2. The van der Waals surface area contributed by atoms with E-state index in [0.29, 0.717) is 37.4 Å². The maximum atomic E-state index is 13.8. The highest BCUT2D eigenvalue weighted by molar-refractivity contribution is 9.10. The third-order valence-corrected chi connectivity index (χ3v) is 5.02. The summed E-state index contributed by atoms with van der Waals surface area (Å²) in [5.41, 5.74) is 0.745. The van der Waals surface area contributed by atoms with Crippen molar-refractivity contribution in [3.63, 3.8) is 0 Å². The zero-order chi connectivity index (χ0) is 20.8. The van der Waals surface area contributed by atoms with Crippen LogP contribution in [0.25, 0.3) is 6.08 Å². The first kappa shape index (κ1) is 21.1. The summed E-state index contributed by atoms with van der Waals surface area (Å²) < 4.78 is 27.7. The van der Waals surface area contributed by atoms with E-state index >= 15 is 0 Å². The summed E-state index contributed by atoms with van der Waals surface area (Å²) in [6.07, 6.45) is 2.82. The maximum absolute atomic E-state index is 13.8. The molecule has 2 aromatic carbocycles. The molecule has 5 nitrogen and oxygen atoms in total. The fourth-order valence-corrected chi connectivity index (χ4v) is 3.38. The predicted molar refractivity (Wildman–Crippen MR) is 111 cm³/mol. The van der Waals surface area contributed by atoms with E-state index in [1.807, 2.05) is 4.90 Å². The standard InChI is InChI=1S/C21H20BrF2N3O2/c22-16-5-6-19(24)15(12-16)4-7-21(29)27-10-8-26(9-11-27)14-20(28)25-18-3-1-2-17(23)13-18/h1-7,12-13H,8-11,14H2,(H,25,28). The number of benzene rings is 2. The zero-order valence-electron chi connectivity index (χ0n) is 15.6. The lowest BCUT2D eigenvalue weighted by Gasteiger charge is -2.33. The summed E-state index contributed by atoms with van der Waals surface area (Å²) in [6, 6.07) is 10.3. The highest BCUT2D eigenvalue weighted by atomic mass is 79.9. The Morgan fingerprint density at radius 2 is 1.83 bits per heavy atom. The van der Waals surface area contributed by atoms with Crippen molar-refractivity contribution >= 4 is 39.5 Å². The van der Waals surface area contributed by atoms with Crippen LogP contribution in [0.5, 0.6) is 0 Å². The molecule has 1 fully saturated rings. The predicted octanol–water partition coefficient (Wildman–Crippen LogP) is 3.52. The van der Waals surface area contributed by atoms with E-state index in [-0.39, 0.29) is 18.4 Å². The van der Waals surface area contributed by atoms with E-state index in [1.54, 1.807) is 23.1 Å². The van der Waals surface area contributed by atoms with Crippen molar-refractivity contribution < 1.29 is 18.4 Å². The van der Waals surface area contributed by atoms with Gasteiger partial charge < -0.3 is 10.2 Å². The number of nitrogens with zero attached hydrogens (tertiary/aromatic N) is 2. The number of rotatable bonds is 5. The van der Waals surface area contributed by atoms with Gasteiger partial charge in [-0.15, -0.1) is 0 Å². The van der Waals surface area contributed by atoms with Gasteiger partial charge in [-0.2, -0.15) is 0 Å². The second kappa shape index (κ2) is 9.76. The van der Waals surface area contributed by atoms with Gasteiger partial charge in [-0.1, -0.05) is 22.0 Å². The van der Waals surface area contributed by atoms with E-state index < -0.39 is 11.6 Å². The van der Waals surface area contributed by atoms with Gasteiger partial charge in [0.1, 0.15) is 11.6 Å². The molecule has 0 radical (unpaired) electrons. The monoisotopic (exact) mass is 463 g/mol. The molecule has 0 unspecified atom stereocenters. The lowest BCUT2D eigenvalue weighted by atomic mass is 10.2. The number of piperazine rings is 1. The Kier molecular flexibility index (Phi) is 7.11. The van der Waals surface area contributed by atoms with Crippen LogP contribution in [0.4, 0.5) is 14.5 Å². The van der Waals surface area contributed by atoms with Crippen molar-refractivity contribution in [3.05, 3.63) is 70.2 Å². The summed E-state index contributed by atoms with van der Waals surface area (Å²) in [4.78, 5) is 28.0. The first-order valence-corrected chi connectivity index (χ1v) is 9.90. The molecule has 0 saturated carbocycles. The molecule has 1 aliphatic heterocycles. The van der Waals surface area contributed by atoms with Gasteiger partial charge in [0.25, 0.3) is 0 Å². The Morgan fingerprint density at radius 1 is 1.07 bits per heavy atom. The molecule has 2 amide bonds. The van der Waals surface area contributed by atoms with E-state index in [0.717, 1.165) is 4.47 Å². The van der Waals surface area contributed by atoms with Gasteiger partial charge in [-0.3, -0.25) is 14.5 Å². The fraction of sp³-hybridized carbons (Fsp3) is 0.238. The first-order chi connectivity index (χ1) is 13.9. The highest BCUT2D eigenvalue weighted by Gasteiger charge is 2.21. The molecule has 152 valence electrons. The van der Waals surface area contributed by atoms with E-state index in [4.69, 9.17) is 0 Å². The minimum atomic E-state index is -0.411. The Balaban J connectivity index is 1.47. The molecular weight excluding hydrogens is 444 g/mol. The average Bonchev–Trinajstić information content (AvgIpc) is 2.69. The van der Waals surface area contributed by atoms with Gasteiger partial charge in [0, 0.05) is 48.0 Å². The molecule has 1 aliphatic rings. The van der Waals surface area contributed by atoms with E-state index in [2.05, 4.69) is 21.2 Å². The van der Waals surface area contributed by atoms with Crippen LogP contribution in [0.3, 0.4) is 0 Å². The van der Waals surface area contributed by atoms with E-state index in [9.17, 15) is 18.4 Å². The van der Waals surface area contributed by atoms with Crippen molar-refractivity contribution in [1.29, 1.82) is 0 Å². The first-order valence-electron chi connectivity index (χ1n) is 9.10. The second-order valence-corrected chi connectivity index (χ2v) is 7.57. The van der Waals surface area contributed by atoms with Crippen LogP contribution in [-0.4, -0.2) is 54.3 Å². The number of halogens is 3. The number of nitrogens with one attached hydrogen (secondary N) is 1. The summed E-state index contributed by atoms with van der Waals surface area (Å²) in [5, 5.41) is 2.66. The van der Waals surface area contributed by atoms with Crippen molar-refractivity contribution in [1.82, 2.24) is 9.80 Å². The molecule has 1 N–H and O–H groups in total. The summed E-state index contributed by atoms with van der Waals surface area (Å²) in [5.74, 6) is -1.24. The second-order valence-electron chi connectivity index (χ2n) is 6.66. The Bertz CT molecular complexity index is 928. The third kappa shape index (κ3) is 6.20. The lowest BCUT2D eigenvalue weighted by molar-refractivity contribution is -0.127. The van der Waals surface area contributed by atoms with Gasteiger partial charge in [0.2, 0.25) is 11.8 Å². The Labute approximate surface area is 176 Å². The van der Waals surface area contributed by atoms with Gasteiger partial charge in [0.15, 0.2) is 0 Å². The van der Waals surface area contributed by atoms with Crippen LogP contribution in [-0.2, 0) is 9.59 Å². The normalized spacial score (nSPS) is 14.9. The molecule has 0 atom stereocenters. The minimum absolute atomic E-state index is 0.164. The molecule has 0 aromatic heterocycles. The number of hydrogen-bond donors (Lipinski definition) is 1. The lowest BCUT2D eigenvalue weighted by Crippen LogP contribution is -2.50. The molecule has 1 saturated heterocycles. The molecule has 0 aliphatic carbocycles. The number of carbonyl (C=O) groups is 2. The fourth-order valence-electron chi connectivity index (χ4n) is 3.01. The largest absolute Gasteiger partial charge is 0.337 e. The molecular formula is C21H20BrF2N3O2. The maximum Gasteiger partial charge on any atom is 0.246 e. The smallest absolute Gasteiger partial charge is 0.246 e. The van der Waals surface area contributed by atoms with Crippen LogP contribution in [0.15, 0.2) is 53.0 Å². The summed E-state index contributed by atoms with van der Waals surface area (Å²) in [6.45, 7) is 2.19. The molecule has 2 aromatic rings. The van der Waals surface area contributed by atoms with Gasteiger partial charge in [-0.05, 0) is 42.5 Å². The summed E-state index contributed by atoms with van der Waals surface area (Å²) in [7, 11) is 0. The number of amides is 2. The Hall–Kier alpha value is -2.58. The molecule has 3 rings (SSSR count). The molecule has 1 heterocycles. The van der Waals surface area contributed by atoms with Gasteiger partial charge in [0.05, 0.1) is 6.54 Å². The Morgan fingerprint density at radius 3 is 2.55 bits per heavy atom. The van der Waals surface area contributed by atoms with E-state index in [1.165, 1.54) is 36.4 Å². The third-order valence-electron chi connectivity index (χ3n) is 4.52. The van der Waals surface area contributed by atoms with Crippen LogP contribution in [0.2, 0.25) is 0 Å². The van der Waals surface area contributed by atoms with Gasteiger partial charge in [-0.25, -0.2) is 8.78 Å². The summed E-state index contributed by atoms with van der Waals surface area (Å²) >= 11 is 3.28. The highest BCUT2D eigenvalue weighted by Crippen LogP contribution is 2.17. The molecule has 29 heavy (non-hydrogen) atoms. The molecule has 8 heteroatoms. The van der Waals surface area contributed by atoms with Crippen LogP contribution in [0, 0.1) is 11.6 Å². The number of anilines is 1. The van der Waals surface area contributed by atoms with Crippen LogP contribution < -0.4 is 5.32 Å². The molecule has 0 spiro atoms.